The number of allylic oxidation sites excluding steroid dienone is 2. The molecule has 5 nitrogen and oxygen atoms in total. The number of nitrogens with two attached hydrogens (primary N) is 1. The monoisotopic (exact) mass is 374 g/mol. The second-order valence-corrected chi connectivity index (χ2v) is 7.42. The second-order valence-electron chi connectivity index (χ2n) is 7.42. The molecule has 0 spiro atoms. The zero-order valence-corrected chi connectivity index (χ0v) is 15.8. The van der Waals surface area contributed by atoms with Crippen LogP contribution in [0.1, 0.15) is 53.1 Å². The van der Waals surface area contributed by atoms with Crippen LogP contribution in [0, 0.1) is 6.92 Å². The van der Waals surface area contributed by atoms with Gasteiger partial charge in [-0.1, -0.05) is 42.0 Å². The molecule has 0 radical (unpaired) electrons. The first kappa shape index (κ1) is 18.2. The van der Waals surface area contributed by atoms with Crippen molar-refractivity contribution in [2.75, 3.05) is 4.90 Å². The molecule has 1 aliphatic carbocycles. The number of carbonyl (C=O) groups is 3. The number of aryl methyl sites for hydroxylation is 1. The maximum absolute atomic E-state index is 13.2. The molecule has 4 rings (SSSR count). The Morgan fingerprint density at radius 3 is 2.61 bits per heavy atom. The Morgan fingerprint density at radius 2 is 1.86 bits per heavy atom. The van der Waals surface area contributed by atoms with Gasteiger partial charge >= 0.3 is 0 Å². The number of hydrogen-bond donors (Lipinski definition) is 1. The molecule has 28 heavy (non-hydrogen) atoms. The van der Waals surface area contributed by atoms with Gasteiger partial charge in [0.1, 0.15) is 0 Å². The van der Waals surface area contributed by atoms with Gasteiger partial charge in [0.05, 0.1) is 11.3 Å². The van der Waals surface area contributed by atoms with Crippen LogP contribution in [0.25, 0.3) is 0 Å². The first-order chi connectivity index (χ1) is 13.5. The van der Waals surface area contributed by atoms with Gasteiger partial charge in [0.2, 0.25) is 5.91 Å². The first-order valence-corrected chi connectivity index (χ1v) is 9.52. The van der Waals surface area contributed by atoms with E-state index in [1.165, 1.54) is 0 Å². The topological polar surface area (TPSA) is 80.5 Å². The molecule has 2 amide bonds. The molecule has 2 aliphatic rings. The quantitative estimate of drug-likeness (QED) is 0.891. The Bertz CT molecular complexity index is 1020. The molecule has 0 saturated carbocycles. The van der Waals surface area contributed by atoms with E-state index < -0.39 is 5.91 Å². The molecule has 2 N–H and O–H groups in total. The predicted octanol–water partition coefficient (Wildman–Crippen LogP) is 3.62. The molecule has 142 valence electrons. The van der Waals surface area contributed by atoms with E-state index in [1.807, 2.05) is 31.2 Å². The highest BCUT2D eigenvalue weighted by Gasteiger charge is 2.40. The second kappa shape index (κ2) is 7.08. The van der Waals surface area contributed by atoms with E-state index in [2.05, 4.69) is 0 Å². The Hall–Kier alpha value is -3.21. The van der Waals surface area contributed by atoms with Crippen LogP contribution < -0.4 is 10.6 Å². The van der Waals surface area contributed by atoms with Crippen molar-refractivity contribution in [2.24, 2.45) is 5.73 Å². The maximum atomic E-state index is 13.2. The fourth-order valence-corrected chi connectivity index (χ4v) is 4.32. The van der Waals surface area contributed by atoms with Gasteiger partial charge in [-0.3, -0.25) is 19.3 Å². The fraction of sp³-hybridized carbons (Fsp3) is 0.261. The van der Waals surface area contributed by atoms with E-state index in [-0.39, 0.29) is 29.6 Å². The van der Waals surface area contributed by atoms with Crippen LogP contribution in [0.2, 0.25) is 0 Å². The number of anilines is 1. The van der Waals surface area contributed by atoms with Gasteiger partial charge in [0, 0.05) is 30.0 Å². The number of benzene rings is 2. The number of amides is 2. The van der Waals surface area contributed by atoms with Gasteiger partial charge in [0.15, 0.2) is 5.78 Å². The van der Waals surface area contributed by atoms with Crippen LogP contribution in [-0.2, 0) is 9.59 Å². The highest BCUT2D eigenvalue weighted by molar-refractivity contribution is 6.10. The molecule has 0 aromatic heterocycles. The molecule has 0 fully saturated rings. The van der Waals surface area contributed by atoms with Crippen molar-refractivity contribution in [1.29, 1.82) is 0 Å². The summed E-state index contributed by atoms with van der Waals surface area (Å²) in [6.07, 6.45) is 2.00. The predicted molar refractivity (Wildman–Crippen MR) is 107 cm³/mol. The molecule has 0 saturated heterocycles. The average molecular weight is 374 g/mol. The molecule has 1 heterocycles. The summed E-state index contributed by atoms with van der Waals surface area (Å²) >= 11 is 0. The lowest BCUT2D eigenvalue weighted by atomic mass is 9.77. The van der Waals surface area contributed by atoms with Crippen molar-refractivity contribution in [1.82, 2.24) is 0 Å². The number of carbonyl (C=O) groups excluding carboxylic acids is 3. The summed E-state index contributed by atoms with van der Waals surface area (Å²) < 4.78 is 0. The smallest absolute Gasteiger partial charge is 0.250 e. The number of nitrogens with zero attached hydrogens (tertiary/aromatic N) is 1. The van der Waals surface area contributed by atoms with Crippen LogP contribution in [-0.4, -0.2) is 17.6 Å². The number of para-hydroxylation sites is 1. The minimum absolute atomic E-state index is 0.0850. The molecule has 2 aromatic carbocycles. The van der Waals surface area contributed by atoms with Gasteiger partial charge in [-0.05, 0) is 37.5 Å². The normalized spacial score (nSPS) is 19.6. The summed E-state index contributed by atoms with van der Waals surface area (Å²) in [5.41, 5.74) is 9.79. The van der Waals surface area contributed by atoms with Crippen LogP contribution >= 0.6 is 0 Å². The van der Waals surface area contributed by atoms with Gasteiger partial charge < -0.3 is 5.73 Å². The summed E-state index contributed by atoms with van der Waals surface area (Å²) in [7, 11) is 0. The zero-order chi connectivity index (χ0) is 19.8. The van der Waals surface area contributed by atoms with Crippen LogP contribution in [0.5, 0.6) is 0 Å². The lowest BCUT2D eigenvalue weighted by Crippen LogP contribution is -2.41. The minimum atomic E-state index is -0.589. The molecular formula is C23H22N2O3. The van der Waals surface area contributed by atoms with Gasteiger partial charge in [-0.2, -0.15) is 0 Å². The summed E-state index contributed by atoms with van der Waals surface area (Å²) in [6, 6.07) is 14.8. The third kappa shape index (κ3) is 3.03. The van der Waals surface area contributed by atoms with Crippen LogP contribution in [0.3, 0.4) is 0 Å². The zero-order valence-electron chi connectivity index (χ0n) is 15.8. The number of rotatable bonds is 3. The highest BCUT2D eigenvalue weighted by atomic mass is 16.2. The molecule has 5 heteroatoms. The lowest BCUT2D eigenvalue weighted by Gasteiger charge is -2.39. The largest absolute Gasteiger partial charge is 0.366 e. The Morgan fingerprint density at radius 1 is 1.07 bits per heavy atom. The van der Waals surface area contributed by atoms with Crippen LogP contribution in [0.4, 0.5) is 5.69 Å². The lowest BCUT2D eigenvalue weighted by molar-refractivity contribution is -0.119. The van der Waals surface area contributed by atoms with Crippen molar-refractivity contribution >= 4 is 23.3 Å². The number of Topliss-reactive ketones (excluding diaryl/α,β-unsaturated/α-hetero) is 1. The van der Waals surface area contributed by atoms with Crippen LogP contribution in [0.15, 0.2) is 59.8 Å². The van der Waals surface area contributed by atoms with E-state index in [0.29, 0.717) is 36.2 Å². The van der Waals surface area contributed by atoms with E-state index in [9.17, 15) is 14.4 Å². The highest BCUT2D eigenvalue weighted by Crippen LogP contribution is 2.44. The van der Waals surface area contributed by atoms with Gasteiger partial charge in [-0.15, -0.1) is 0 Å². The summed E-state index contributed by atoms with van der Waals surface area (Å²) in [5.74, 6) is -0.865. The van der Waals surface area contributed by atoms with E-state index in [4.69, 9.17) is 5.73 Å². The molecule has 2 aromatic rings. The Labute approximate surface area is 163 Å². The van der Waals surface area contributed by atoms with Crippen molar-refractivity contribution in [3.05, 3.63) is 76.5 Å². The number of ketones is 1. The minimum Gasteiger partial charge on any atom is -0.366 e. The van der Waals surface area contributed by atoms with Crippen molar-refractivity contribution < 1.29 is 14.4 Å². The SMILES string of the molecule is Cc1cccc(C2CC(=O)N(c3ccccc3C(N)=O)C3=C2C(=O)CCC3)c1. The van der Waals surface area contributed by atoms with E-state index in [0.717, 1.165) is 11.1 Å². The fourth-order valence-electron chi connectivity index (χ4n) is 4.32. The third-order valence-corrected chi connectivity index (χ3v) is 5.53. The van der Waals surface area contributed by atoms with E-state index >= 15 is 0 Å². The van der Waals surface area contributed by atoms with Crippen molar-refractivity contribution in [3.8, 4) is 0 Å². The number of primary amides is 1. The molecule has 1 atom stereocenters. The maximum Gasteiger partial charge on any atom is 0.250 e. The summed E-state index contributed by atoms with van der Waals surface area (Å²) in [4.78, 5) is 39.6. The molecule has 1 unspecified atom stereocenters. The standard InChI is InChI=1S/C23H22N2O3/c1-14-6-4-7-15(12-14)17-13-21(27)25(19-10-5-11-20(26)22(17)19)18-9-3-2-8-16(18)23(24)28/h2-4,6-9,12,17H,5,10-11,13H2,1H3,(H2,24,28). The average Bonchev–Trinajstić information content (AvgIpc) is 2.67. The molecular weight excluding hydrogens is 352 g/mol. The number of hydrogen-bond acceptors (Lipinski definition) is 3. The summed E-state index contributed by atoms with van der Waals surface area (Å²) in [5, 5.41) is 0. The first-order valence-electron chi connectivity index (χ1n) is 9.52. The molecule has 0 bridgehead atoms. The van der Waals surface area contributed by atoms with E-state index in [1.54, 1.807) is 29.2 Å². The van der Waals surface area contributed by atoms with Crippen molar-refractivity contribution in [2.45, 2.75) is 38.5 Å². The Kier molecular flexibility index (Phi) is 4.59. The van der Waals surface area contributed by atoms with Gasteiger partial charge in [0.25, 0.3) is 5.91 Å². The summed E-state index contributed by atoms with van der Waals surface area (Å²) in [6.45, 7) is 2.00. The van der Waals surface area contributed by atoms with Gasteiger partial charge in [-0.25, -0.2) is 0 Å². The Balaban J connectivity index is 1.90. The molecule has 1 aliphatic heterocycles. The third-order valence-electron chi connectivity index (χ3n) is 5.53. The van der Waals surface area contributed by atoms with Crippen molar-refractivity contribution in [3.63, 3.8) is 0 Å².